The molecule has 7 heteroatoms. The Hall–Kier alpha value is -3.06. The van der Waals surface area contributed by atoms with Crippen molar-refractivity contribution >= 4 is 21.6 Å². The number of hydrogen-bond acceptors (Lipinski definition) is 5. The fourth-order valence-electron chi connectivity index (χ4n) is 3.41. The standard InChI is InChI=1S/C20H14BrN5O/c1-12-20-19(17-9-22-11-27-17)24-10-26(20)16-6-5-13(21)8-14(16)18(25-12)15-4-2-3-7-23-15/h2-12H,1H3/t12-/m1/s1. The molecular formula is C20H14BrN5O. The second-order valence-electron chi connectivity index (χ2n) is 6.24. The van der Waals surface area contributed by atoms with E-state index in [1.54, 1.807) is 12.4 Å². The monoisotopic (exact) mass is 419 g/mol. The SMILES string of the molecule is C[C@H]1N=C(c2ccccn2)c2cc(Br)ccc2-n2cnc(-c3cnco3)c21. The zero-order valence-electron chi connectivity index (χ0n) is 14.4. The lowest BCUT2D eigenvalue weighted by atomic mass is 10.0. The highest BCUT2D eigenvalue weighted by Crippen LogP contribution is 2.36. The molecule has 4 aromatic rings. The van der Waals surface area contributed by atoms with E-state index in [1.165, 1.54) is 6.39 Å². The van der Waals surface area contributed by atoms with E-state index < -0.39 is 0 Å². The molecule has 1 aromatic carbocycles. The van der Waals surface area contributed by atoms with Crippen molar-refractivity contribution in [1.82, 2.24) is 19.5 Å². The summed E-state index contributed by atoms with van der Waals surface area (Å²) in [6, 6.07) is 11.9. The molecule has 0 spiro atoms. The molecule has 3 aromatic heterocycles. The van der Waals surface area contributed by atoms with Crippen molar-refractivity contribution in [1.29, 1.82) is 0 Å². The largest absolute Gasteiger partial charge is 0.442 e. The molecule has 0 bridgehead atoms. The van der Waals surface area contributed by atoms with Gasteiger partial charge in [-0.3, -0.25) is 14.5 Å². The molecular weight excluding hydrogens is 406 g/mol. The van der Waals surface area contributed by atoms with E-state index in [0.717, 1.165) is 38.5 Å². The van der Waals surface area contributed by atoms with Gasteiger partial charge in [-0.05, 0) is 37.3 Å². The Balaban J connectivity index is 1.81. The molecule has 1 atom stereocenters. The highest BCUT2D eigenvalue weighted by Gasteiger charge is 2.27. The molecule has 1 aliphatic rings. The van der Waals surface area contributed by atoms with Crippen LogP contribution in [0, 0.1) is 0 Å². The summed E-state index contributed by atoms with van der Waals surface area (Å²) < 4.78 is 8.55. The van der Waals surface area contributed by atoms with Crippen LogP contribution in [0.5, 0.6) is 0 Å². The molecule has 0 saturated heterocycles. The third-order valence-corrected chi connectivity index (χ3v) is 5.06. The fraction of sp³-hybridized carbons (Fsp3) is 0.100. The normalized spacial score (nSPS) is 15.6. The number of pyridine rings is 1. The number of oxazole rings is 1. The first-order valence-electron chi connectivity index (χ1n) is 8.48. The van der Waals surface area contributed by atoms with Crippen molar-refractivity contribution < 1.29 is 4.42 Å². The molecule has 5 rings (SSSR count). The van der Waals surface area contributed by atoms with Gasteiger partial charge in [0.15, 0.2) is 12.2 Å². The van der Waals surface area contributed by atoms with Crippen LogP contribution in [-0.4, -0.2) is 25.2 Å². The van der Waals surface area contributed by atoms with Gasteiger partial charge in [-0.25, -0.2) is 9.97 Å². The first-order chi connectivity index (χ1) is 13.2. The van der Waals surface area contributed by atoms with Crippen LogP contribution < -0.4 is 0 Å². The Labute approximate surface area is 163 Å². The highest BCUT2D eigenvalue weighted by atomic mass is 79.9. The summed E-state index contributed by atoms with van der Waals surface area (Å²) in [7, 11) is 0. The lowest BCUT2D eigenvalue weighted by molar-refractivity contribution is 0.568. The van der Waals surface area contributed by atoms with Crippen molar-refractivity contribution in [2.45, 2.75) is 13.0 Å². The van der Waals surface area contributed by atoms with Gasteiger partial charge in [0, 0.05) is 16.2 Å². The van der Waals surface area contributed by atoms with Gasteiger partial charge in [0.2, 0.25) is 0 Å². The van der Waals surface area contributed by atoms with Crippen LogP contribution in [0.1, 0.15) is 29.9 Å². The van der Waals surface area contributed by atoms with Crippen LogP contribution in [0.15, 0.2) is 75.4 Å². The maximum Gasteiger partial charge on any atom is 0.181 e. The van der Waals surface area contributed by atoms with E-state index in [9.17, 15) is 0 Å². The van der Waals surface area contributed by atoms with Crippen molar-refractivity contribution in [3.63, 3.8) is 0 Å². The van der Waals surface area contributed by atoms with E-state index in [4.69, 9.17) is 9.41 Å². The molecule has 27 heavy (non-hydrogen) atoms. The predicted molar refractivity (Wildman–Crippen MR) is 105 cm³/mol. The average Bonchev–Trinajstić information content (AvgIpc) is 3.34. The average molecular weight is 420 g/mol. The lowest BCUT2D eigenvalue weighted by Gasteiger charge is -2.12. The maximum atomic E-state index is 5.50. The van der Waals surface area contributed by atoms with E-state index in [1.807, 2.05) is 30.6 Å². The molecule has 1 aliphatic heterocycles. The number of hydrogen-bond donors (Lipinski definition) is 0. The maximum absolute atomic E-state index is 5.50. The molecule has 6 nitrogen and oxygen atoms in total. The summed E-state index contributed by atoms with van der Waals surface area (Å²) in [5.74, 6) is 0.630. The minimum atomic E-state index is -0.143. The van der Waals surface area contributed by atoms with Crippen molar-refractivity contribution in [2.24, 2.45) is 4.99 Å². The van der Waals surface area contributed by atoms with E-state index >= 15 is 0 Å². The molecule has 0 radical (unpaired) electrons. The molecule has 0 N–H and O–H groups in total. The molecule has 0 amide bonds. The van der Waals surface area contributed by atoms with Crippen LogP contribution in [0.3, 0.4) is 0 Å². The third-order valence-electron chi connectivity index (χ3n) is 4.57. The van der Waals surface area contributed by atoms with Crippen LogP contribution in [0.25, 0.3) is 17.1 Å². The number of rotatable bonds is 2. The van der Waals surface area contributed by atoms with Gasteiger partial charge in [0.05, 0.1) is 35.0 Å². The van der Waals surface area contributed by atoms with Gasteiger partial charge < -0.3 is 4.42 Å². The van der Waals surface area contributed by atoms with Crippen LogP contribution in [0.2, 0.25) is 0 Å². The zero-order chi connectivity index (χ0) is 18.4. The van der Waals surface area contributed by atoms with Crippen LogP contribution >= 0.6 is 15.9 Å². The first-order valence-corrected chi connectivity index (χ1v) is 9.27. The zero-order valence-corrected chi connectivity index (χ0v) is 16.0. The molecule has 4 heterocycles. The molecule has 0 saturated carbocycles. The van der Waals surface area contributed by atoms with Crippen LogP contribution in [-0.2, 0) is 0 Å². The van der Waals surface area contributed by atoms with Crippen LogP contribution in [0.4, 0.5) is 0 Å². The summed E-state index contributed by atoms with van der Waals surface area (Å²) >= 11 is 3.58. The number of halogens is 1. The van der Waals surface area contributed by atoms with E-state index in [0.29, 0.717) is 5.76 Å². The Bertz CT molecular complexity index is 1150. The van der Waals surface area contributed by atoms with Gasteiger partial charge in [0.1, 0.15) is 12.0 Å². The quantitative estimate of drug-likeness (QED) is 0.476. The minimum absolute atomic E-state index is 0.143. The number of fused-ring (bicyclic) bond motifs is 3. The minimum Gasteiger partial charge on any atom is -0.442 e. The Morgan fingerprint density at radius 3 is 2.85 bits per heavy atom. The summed E-state index contributed by atoms with van der Waals surface area (Å²) in [5, 5.41) is 0. The first kappa shape index (κ1) is 16.1. The van der Waals surface area contributed by atoms with Gasteiger partial charge in [-0.1, -0.05) is 22.0 Å². The highest BCUT2D eigenvalue weighted by molar-refractivity contribution is 9.10. The number of imidazole rings is 1. The van der Waals surface area contributed by atoms with Gasteiger partial charge in [0.25, 0.3) is 0 Å². The van der Waals surface area contributed by atoms with Gasteiger partial charge in [-0.15, -0.1) is 0 Å². The number of benzene rings is 1. The summed E-state index contributed by atoms with van der Waals surface area (Å²) in [6.07, 6.45) is 6.68. The second-order valence-corrected chi connectivity index (χ2v) is 7.16. The van der Waals surface area contributed by atoms with Gasteiger partial charge in [-0.2, -0.15) is 0 Å². The van der Waals surface area contributed by atoms with E-state index in [-0.39, 0.29) is 6.04 Å². The number of aliphatic imine (C=N–C) groups is 1. The molecule has 0 fully saturated rings. The molecule has 132 valence electrons. The lowest BCUT2D eigenvalue weighted by Crippen LogP contribution is -2.08. The van der Waals surface area contributed by atoms with Gasteiger partial charge >= 0.3 is 0 Å². The summed E-state index contributed by atoms with van der Waals surface area (Å²) in [6.45, 7) is 2.05. The number of aromatic nitrogens is 4. The Kier molecular flexibility index (Phi) is 3.75. The predicted octanol–water partition coefficient (Wildman–Crippen LogP) is 4.60. The summed E-state index contributed by atoms with van der Waals surface area (Å²) in [5.41, 5.74) is 5.40. The van der Waals surface area contributed by atoms with E-state index in [2.05, 4.69) is 54.5 Å². The Morgan fingerprint density at radius 1 is 1.15 bits per heavy atom. The number of nitrogens with zero attached hydrogens (tertiary/aromatic N) is 5. The molecule has 0 aliphatic carbocycles. The smallest absolute Gasteiger partial charge is 0.181 e. The summed E-state index contributed by atoms with van der Waals surface area (Å²) in [4.78, 5) is 18.2. The topological polar surface area (TPSA) is 69.1 Å². The Morgan fingerprint density at radius 2 is 2.07 bits per heavy atom. The van der Waals surface area contributed by atoms with Crippen molar-refractivity contribution in [2.75, 3.05) is 0 Å². The second kappa shape index (κ2) is 6.28. The molecule has 0 unspecified atom stereocenters. The fourth-order valence-corrected chi connectivity index (χ4v) is 3.77. The third kappa shape index (κ3) is 2.62. The van der Waals surface area contributed by atoms with Crippen molar-refractivity contribution in [3.8, 4) is 17.1 Å². The van der Waals surface area contributed by atoms with Crippen molar-refractivity contribution in [3.05, 3.63) is 82.9 Å².